The molecule has 0 unspecified atom stereocenters. The largest absolute Gasteiger partial charge is 0.467 e. The molecule has 3 aliphatic heterocycles. The number of para-hydroxylation sites is 2. The van der Waals surface area contributed by atoms with Gasteiger partial charge in [0, 0.05) is 12.0 Å². The van der Waals surface area contributed by atoms with Crippen molar-refractivity contribution in [2.45, 2.75) is 18.2 Å². The molecule has 5 rings (SSSR count). The number of esters is 1. The fourth-order valence-corrected chi connectivity index (χ4v) is 4.62. The summed E-state index contributed by atoms with van der Waals surface area (Å²) in [5.41, 5.74) is 0.781. The quantitative estimate of drug-likeness (QED) is 0.605. The predicted octanol–water partition coefficient (Wildman–Crippen LogP) is 1.86. The van der Waals surface area contributed by atoms with Crippen LogP contribution in [0.4, 0.5) is 16.2 Å². The van der Waals surface area contributed by atoms with Gasteiger partial charge in [0.15, 0.2) is 17.3 Å². The summed E-state index contributed by atoms with van der Waals surface area (Å²) in [7, 11) is 1.23. The molecule has 0 aromatic heterocycles. The summed E-state index contributed by atoms with van der Waals surface area (Å²) in [5, 5.41) is 12.3. The van der Waals surface area contributed by atoms with Crippen molar-refractivity contribution in [3.63, 3.8) is 0 Å². The standard InChI is InChI=1S/C24H23N3O9/c1-33-22(30)17-11-24(34-8-9-35-24)13-26(17)20(28)12-25-21(29)14-6-7-16-19(10-14)36-18-5-3-2-4-15(18)27(16)23(31)32/h2-7,10,17H,8-9,11-13H2,1H3,(H,25,29)(H,31,32)/t17-/m0/s1. The van der Waals surface area contributed by atoms with Crippen LogP contribution in [0.25, 0.3) is 0 Å². The molecule has 3 heterocycles. The Kier molecular flexibility index (Phi) is 5.98. The highest BCUT2D eigenvalue weighted by Gasteiger charge is 2.53. The second kappa shape index (κ2) is 9.13. The van der Waals surface area contributed by atoms with E-state index in [2.05, 4.69) is 5.32 Å². The van der Waals surface area contributed by atoms with Gasteiger partial charge in [-0.1, -0.05) is 12.1 Å². The van der Waals surface area contributed by atoms with Crippen LogP contribution >= 0.6 is 0 Å². The Balaban J connectivity index is 1.29. The molecule has 12 heteroatoms. The third kappa shape index (κ3) is 4.10. The Morgan fingerprint density at radius 2 is 1.81 bits per heavy atom. The second-order valence-corrected chi connectivity index (χ2v) is 8.43. The highest BCUT2D eigenvalue weighted by molar-refractivity contribution is 6.02. The highest BCUT2D eigenvalue weighted by atomic mass is 16.7. The van der Waals surface area contributed by atoms with E-state index in [0.29, 0.717) is 24.7 Å². The molecular formula is C24H23N3O9. The van der Waals surface area contributed by atoms with Crippen LogP contribution in [0.1, 0.15) is 16.8 Å². The second-order valence-electron chi connectivity index (χ2n) is 8.43. The van der Waals surface area contributed by atoms with Crippen molar-refractivity contribution in [2.24, 2.45) is 0 Å². The molecule has 0 saturated carbocycles. The van der Waals surface area contributed by atoms with E-state index < -0.39 is 35.7 Å². The van der Waals surface area contributed by atoms with Crippen molar-refractivity contribution in [3.8, 4) is 11.5 Å². The molecule has 0 bridgehead atoms. The third-order valence-corrected chi connectivity index (χ3v) is 6.28. The maximum absolute atomic E-state index is 12.9. The van der Waals surface area contributed by atoms with Gasteiger partial charge in [0.1, 0.15) is 6.04 Å². The van der Waals surface area contributed by atoms with Crippen molar-refractivity contribution < 1.29 is 43.2 Å². The molecule has 2 saturated heterocycles. The monoisotopic (exact) mass is 497 g/mol. The van der Waals surface area contributed by atoms with Crippen molar-refractivity contribution >= 4 is 35.3 Å². The van der Waals surface area contributed by atoms with Crippen molar-refractivity contribution in [2.75, 3.05) is 38.3 Å². The van der Waals surface area contributed by atoms with E-state index in [9.17, 15) is 24.3 Å². The fourth-order valence-electron chi connectivity index (χ4n) is 4.62. The molecule has 2 fully saturated rings. The number of benzene rings is 2. The zero-order chi connectivity index (χ0) is 25.4. The van der Waals surface area contributed by atoms with Crippen molar-refractivity contribution in [3.05, 3.63) is 48.0 Å². The number of hydrogen-bond donors (Lipinski definition) is 2. The van der Waals surface area contributed by atoms with E-state index >= 15 is 0 Å². The minimum absolute atomic E-state index is 0.0403. The molecule has 3 aliphatic rings. The Morgan fingerprint density at radius 3 is 2.53 bits per heavy atom. The molecule has 2 aromatic rings. The average molecular weight is 497 g/mol. The number of carbonyl (C=O) groups excluding carboxylic acids is 3. The molecule has 1 atom stereocenters. The normalized spacial score (nSPS) is 19.3. The van der Waals surface area contributed by atoms with Crippen LogP contribution in [-0.2, 0) is 23.8 Å². The number of fused-ring (bicyclic) bond motifs is 2. The zero-order valence-corrected chi connectivity index (χ0v) is 19.3. The molecule has 0 radical (unpaired) electrons. The first kappa shape index (κ1) is 23.6. The lowest BCUT2D eigenvalue weighted by Crippen LogP contribution is -2.46. The molecule has 3 amide bonds. The summed E-state index contributed by atoms with van der Waals surface area (Å²) in [6.45, 7) is 0.372. The molecule has 2 aromatic carbocycles. The molecule has 0 aliphatic carbocycles. The van der Waals surface area contributed by atoms with E-state index in [1.807, 2.05) is 0 Å². The number of anilines is 2. The topological polar surface area (TPSA) is 144 Å². The number of ether oxygens (including phenoxy) is 4. The number of nitrogens with one attached hydrogen (secondary N) is 1. The van der Waals surface area contributed by atoms with Gasteiger partial charge in [-0.05, 0) is 30.3 Å². The van der Waals surface area contributed by atoms with Crippen molar-refractivity contribution in [1.29, 1.82) is 0 Å². The van der Waals surface area contributed by atoms with Gasteiger partial charge in [-0.25, -0.2) is 14.5 Å². The molecule has 1 spiro atoms. The van der Waals surface area contributed by atoms with Crippen LogP contribution in [0, 0.1) is 0 Å². The van der Waals surface area contributed by atoms with E-state index in [4.69, 9.17) is 18.9 Å². The first-order chi connectivity index (χ1) is 17.3. The summed E-state index contributed by atoms with van der Waals surface area (Å²) < 4.78 is 21.9. The van der Waals surface area contributed by atoms with Gasteiger partial charge in [0.2, 0.25) is 5.91 Å². The van der Waals surface area contributed by atoms with E-state index in [0.717, 1.165) is 4.90 Å². The van der Waals surface area contributed by atoms with Crippen LogP contribution < -0.4 is 15.0 Å². The van der Waals surface area contributed by atoms with Gasteiger partial charge in [-0.2, -0.15) is 0 Å². The van der Waals surface area contributed by atoms with Crippen LogP contribution in [-0.4, -0.2) is 79.1 Å². The minimum Gasteiger partial charge on any atom is -0.467 e. The van der Waals surface area contributed by atoms with Gasteiger partial charge in [-0.15, -0.1) is 0 Å². The number of carboxylic acid groups (broad SMARTS) is 1. The average Bonchev–Trinajstić information content (AvgIpc) is 3.51. The Morgan fingerprint density at radius 1 is 1.08 bits per heavy atom. The van der Waals surface area contributed by atoms with Crippen LogP contribution in [0.3, 0.4) is 0 Å². The summed E-state index contributed by atoms with van der Waals surface area (Å²) in [4.78, 5) is 52.3. The lowest BCUT2D eigenvalue weighted by atomic mass is 10.1. The first-order valence-corrected chi connectivity index (χ1v) is 11.2. The number of methoxy groups -OCH3 is 1. The molecule has 36 heavy (non-hydrogen) atoms. The third-order valence-electron chi connectivity index (χ3n) is 6.28. The number of hydrogen-bond acceptors (Lipinski definition) is 8. The SMILES string of the molecule is COC(=O)[C@@H]1CC2(CN1C(=O)CNC(=O)c1ccc3c(c1)Oc1ccccc1N3C(=O)O)OCCO2. The van der Waals surface area contributed by atoms with Crippen LogP contribution in [0.15, 0.2) is 42.5 Å². The summed E-state index contributed by atoms with van der Waals surface area (Å²) >= 11 is 0. The van der Waals surface area contributed by atoms with Gasteiger partial charge in [0.05, 0.1) is 44.8 Å². The summed E-state index contributed by atoms with van der Waals surface area (Å²) in [6.07, 6.45) is -1.06. The minimum atomic E-state index is -1.20. The van der Waals surface area contributed by atoms with Crippen LogP contribution in [0.5, 0.6) is 11.5 Å². The van der Waals surface area contributed by atoms with Gasteiger partial charge >= 0.3 is 12.1 Å². The van der Waals surface area contributed by atoms with Crippen molar-refractivity contribution in [1.82, 2.24) is 10.2 Å². The molecular weight excluding hydrogens is 474 g/mol. The predicted molar refractivity (Wildman–Crippen MR) is 122 cm³/mol. The number of carbonyl (C=O) groups is 4. The van der Waals surface area contributed by atoms with Gasteiger partial charge in [-0.3, -0.25) is 9.59 Å². The number of nitrogens with zero attached hydrogens (tertiary/aromatic N) is 2. The summed E-state index contributed by atoms with van der Waals surface area (Å²) in [5.74, 6) is -2.23. The Bertz CT molecular complexity index is 1240. The fraction of sp³-hybridized carbons (Fsp3) is 0.333. The van der Waals surface area contributed by atoms with E-state index in [1.54, 1.807) is 24.3 Å². The number of likely N-dealkylation sites (tertiary alicyclic amines) is 1. The molecule has 188 valence electrons. The maximum atomic E-state index is 12.9. The van der Waals surface area contributed by atoms with Crippen LogP contribution in [0.2, 0.25) is 0 Å². The van der Waals surface area contributed by atoms with Gasteiger partial charge in [0.25, 0.3) is 5.91 Å². The van der Waals surface area contributed by atoms with Gasteiger partial charge < -0.3 is 34.3 Å². The summed E-state index contributed by atoms with van der Waals surface area (Å²) in [6, 6.07) is 10.1. The lowest BCUT2D eigenvalue weighted by molar-refractivity contribution is -0.152. The number of amides is 3. The smallest absolute Gasteiger partial charge is 0.416 e. The number of rotatable bonds is 4. The molecule has 2 N–H and O–H groups in total. The zero-order valence-electron chi connectivity index (χ0n) is 19.3. The Hall–Kier alpha value is -4.16. The molecule has 12 nitrogen and oxygen atoms in total. The first-order valence-electron chi connectivity index (χ1n) is 11.2. The van der Waals surface area contributed by atoms with E-state index in [1.165, 1.54) is 30.2 Å². The van der Waals surface area contributed by atoms with E-state index in [-0.39, 0.29) is 36.5 Å². The lowest BCUT2D eigenvalue weighted by Gasteiger charge is -2.29. The maximum Gasteiger partial charge on any atom is 0.416 e. The highest BCUT2D eigenvalue weighted by Crippen LogP contribution is 2.46. The Labute approximate surface area is 205 Å².